The summed E-state index contributed by atoms with van der Waals surface area (Å²) in [7, 11) is 1.52. The second-order valence-electron chi connectivity index (χ2n) is 8.01. The Morgan fingerprint density at radius 2 is 2.00 bits per heavy atom. The highest BCUT2D eigenvalue weighted by Crippen LogP contribution is 2.28. The summed E-state index contributed by atoms with van der Waals surface area (Å²) in [5.74, 6) is -0.978. The number of rotatable bonds is 6. The van der Waals surface area contributed by atoms with E-state index in [4.69, 9.17) is 4.74 Å². The second-order valence-corrected chi connectivity index (χ2v) is 8.01. The smallest absolute Gasteiger partial charge is 0.243 e. The first kappa shape index (κ1) is 22.7. The van der Waals surface area contributed by atoms with Crippen LogP contribution in [-0.2, 0) is 9.59 Å². The predicted molar refractivity (Wildman–Crippen MR) is 112 cm³/mol. The third-order valence-corrected chi connectivity index (χ3v) is 5.49. The normalized spacial score (nSPS) is 19.4. The number of aromatic nitrogens is 1. The maximum absolute atomic E-state index is 14.6. The van der Waals surface area contributed by atoms with Gasteiger partial charge in [0.1, 0.15) is 18.0 Å². The Labute approximate surface area is 180 Å². The number of benzene rings is 1. The van der Waals surface area contributed by atoms with Gasteiger partial charge in [-0.3, -0.25) is 9.59 Å². The number of halogens is 2. The van der Waals surface area contributed by atoms with Crippen molar-refractivity contribution >= 4 is 11.8 Å². The zero-order valence-corrected chi connectivity index (χ0v) is 18.1. The van der Waals surface area contributed by atoms with E-state index >= 15 is 0 Å². The first-order valence-corrected chi connectivity index (χ1v) is 10.2. The van der Waals surface area contributed by atoms with E-state index < -0.39 is 30.1 Å². The summed E-state index contributed by atoms with van der Waals surface area (Å²) in [6.45, 7) is 4.92. The van der Waals surface area contributed by atoms with Gasteiger partial charge in [0.2, 0.25) is 17.8 Å². The number of hydrogen-bond acceptors (Lipinski definition) is 4. The molecule has 1 saturated heterocycles. The van der Waals surface area contributed by atoms with Crippen LogP contribution in [-0.4, -0.2) is 47.6 Å². The van der Waals surface area contributed by atoms with Gasteiger partial charge in [0.15, 0.2) is 0 Å². The van der Waals surface area contributed by atoms with E-state index in [1.54, 1.807) is 36.4 Å². The molecule has 1 fully saturated rings. The minimum Gasteiger partial charge on any atom is -0.497 e. The molecule has 0 saturated carbocycles. The molecule has 3 atom stereocenters. The van der Waals surface area contributed by atoms with E-state index in [2.05, 4.69) is 10.3 Å². The summed E-state index contributed by atoms with van der Waals surface area (Å²) in [5.41, 5.74) is 1.40. The molecular weight excluding hydrogens is 404 g/mol. The van der Waals surface area contributed by atoms with E-state index in [-0.39, 0.29) is 24.8 Å². The molecule has 1 aliphatic heterocycles. The van der Waals surface area contributed by atoms with Gasteiger partial charge in [-0.25, -0.2) is 9.37 Å². The molecule has 31 heavy (non-hydrogen) atoms. The van der Waals surface area contributed by atoms with Crippen molar-refractivity contribution in [1.29, 1.82) is 0 Å². The first-order chi connectivity index (χ1) is 14.7. The van der Waals surface area contributed by atoms with Gasteiger partial charge in [-0.15, -0.1) is 0 Å². The number of carbonyl (C=O) groups excluding carboxylic acids is 2. The van der Waals surface area contributed by atoms with Crippen molar-refractivity contribution in [2.24, 2.45) is 0 Å². The maximum atomic E-state index is 14.6. The van der Waals surface area contributed by atoms with Crippen LogP contribution in [0.25, 0.3) is 0 Å². The molecule has 6 nitrogen and oxygen atoms in total. The number of nitrogens with zero attached hydrogens (tertiary/aromatic N) is 2. The van der Waals surface area contributed by atoms with Crippen molar-refractivity contribution in [2.75, 3.05) is 13.7 Å². The predicted octanol–water partition coefficient (Wildman–Crippen LogP) is 3.52. The molecule has 2 heterocycles. The molecule has 1 aromatic heterocycles. The molecule has 8 heteroatoms. The molecule has 0 unspecified atom stereocenters. The Balaban J connectivity index is 1.97. The number of likely N-dealkylation sites (tertiary alicyclic amines) is 1. The summed E-state index contributed by atoms with van der Waals surface area (Å²) < 4.78 is 33.8. The fourth-order valence-electron chi connectivity index (χ4n) is 3.82. The molecule has 0 radical (unpaired) electrons. The third kappa shape index (κ3) is 5.00. The molecule has 166 valence electrons. The Morgan fingerprint density at radius 3 is 2.61 bits per heavy atom. The van der Waals surface area contributed by atoms with Crippen LogP contribution in [0.1, 0.15) is 56.0 Å². The van der Waals surface area contributed by atoms with E-state index in [9.17, 15) is 18.4 Å². The van der Waals surface area contributed by atoms with Crippen LogP contribution < -0.4 is 10.1 Å². The van der Waals surface area contributed by atoms with Crippen molar-refractivity contribution < 1.29 is 23.1 Å². The fourth-order valence-corrected chi connectivity index (χ4v) is 3.82. The second kappa shape index (κ2) is 9.41. The lowest BCUT2D eigenvalue weighted by molar-refractivity contribution is -0.137. The van der Waals surface area contributed by atoms with Crippen LogP contribution in [0.2, 0.25) is 0 Å². The largest absolute Gasteiger partial charge is 0.497 e. The zero-order valence-electron chi connectivity index (χ0n) is 18.1. The Hall–Kier alpha value is -3.03. The summed E-state index contributed by atoms with van der Waals surface area (Å²) in [6.07, 6.45) is -1.35. The number of alkyl halides is 1. The number of ether oxygens (including phenoxy) is 1. The molecule has 1 aromatic carbocycles. The van der Waals surface area contributed by atoms with Crippen molar-refractivity contribution in [1.82, 2.24) is 15.2 Å². The van der Waals surface area contributed by atoms with Crippen molar-refractivity contribution in [2.45, 2.75) is 51.4 Å². The summed E-state index contributed by atoms with van der Waals surface area (Å²) >= 11 is 0. The van der Waals surface area contributed by atoms with E-state index in [0.29, 0.717) is 22.6 Å². The van der Waals surface area contributed by atoms with Gasteiger partial charge < -0.3 is 15.0 Å². The van der Waals surface area contributed by atoms with Crippen molar-refractivity contribution in [3.8, 4) is 5.75 Å². The van der Waals surface area contributed by atoms with E-state index in [0.717, 1.165) is 0 Å². The molecule has 1 N–H and O–H groups in total. The number of carbonyl (C=O) groups is 2. The highest BCUT2D eigenvalue weighted by atomic mass is 19.1. The summed E-state index contributed by atoms with van der Waals surface area (Å²) in [4.78, 5) is 30.2. The molecule has 0 aliphatic carbocycles. The van der Waals surface area contributed by atoms with Crippen molar-refractivity contribution in [3.63, 3.8) is 0 Å². The van der Waals surface area contributed by atoms with Gasteiger partial charge in [0.25, 0.3) is 0 Å². The standard InChI is InChI=1S/C23H27F2N3O3/c1-13(2)18-8-9-19(26-22(18)25)21(15-6-5-7-17(10-15)31-4)27-23(30)20-11-16(24)12-28(20)14(3)29/h5-10,13,16,20-21H,11-12H2,1-4H3,(H,27,30)/t16-,20+,21+/m1/s1. The van der Waals surface area contributed by atoms with Crippen LogP contribution in [0.3, 0.4) is 0 Å². The van der Waals surface area contributed by atoms with Crippen LogP contribution in [0.5, 0.6) is 5.75 Å². The number of nitrogens with one attached hydrogen (secondary N) is 1. The van der Waals surface area contributed by atoms with Gasteiger partial charge in [0, 0.05) is 18.9 Å². The van der Waals surface area contributed by atoms with Crippen LogP contribution >= 0.6 is 0 Å². The molecule has 2 aromatic rings. The number of methoxy groups -OCH3 is 1. The average Bonchev–Trinajstić information content (AvgIpc) is 3.13. The molecule has 2 amide bonds. The molecule has 3 rings (SSSR count). The van der Waals surface area contributed by atoms with E-state index in [1.165, 1.54) is 18.9 Å². The van der Waals surface area contributed by atoms with Gasteiger partial charge >= 0.3 is 0 Å². The monoisotopic (exact) mass is 431 g/mol. The highest BCUT2D eigenvalue weighted by Gasteiger charge is 2.39. The first-order valence-electron chi connectivity index (χ1n) is 10.2. The van der Waals surface area contributed by atoms with Gasteiger partial charge in [-0.2, -0.15) is 4.39 Å². The lowest BCUT2D eigenvalue weighted by Crippen LogP contribution is -2.46. The topological polar surface area (TPSA) is 71.5 Å². The lowest BCUT2D eigenvalue weighted by Gasteiger charge is -2.26. The average molecular weight is 431 g/mol. The van der Waals surface area contributed by atoms with Gasteiger partial charge in [-0.05, 0) is 29.7 Å². The molecule has 0 spiro atoms. The Kier molecular flexibility index (Phi) is 6.87. The highest BCUT2D eigenvalue weighted by molar-refractivity contribution is 5.88. The fraction of sp³-hybridized carbons (Fsp3) is 0.435. The van der Waals surface area contributed by atoms with Crippen LogP contribution in [0.4, 0.5) is 8.78 Å². The Bertz CT molecular complexity index is 967. The van der Waals surface area contributed by atoms with Crippen molar-refractivity contribution in [3.05, 3.63) is 59.2 Å². The number of hydrogen-bond donors (Lipinski definition) is 1. The SMILES string of the molecule is COc1cccc([C@H](NC(=O)[C@@H]2C[C@@H](F)CN2C(C)=O)c2ccc(C(C)C)c(F)n2)c1. The molecule has 0 bridgehead atoms. The molecular formula is C23H27F2N3O3. The van der Waals surface area contributed by atoms with Gasteiger partial charge in [-0.1, -0.05) is 32.0 Å². The lowest BCUT2D eigenvalue weighted by atomic mass is 9.99. The van der Waals surface area contributed by atoms with Gasteiger partial charge in [0.05, 0.1) is 25.4 Å². The Morgan fingerprint density at radius 1 is 1.26 bits per heavy atom. The third-order valence-electron chi connectivity index (χ3n) is 5.49. The number of pyridine rings is 1. The van der Waals surface area contributed by atoms with Crippen LogP contribution in [0.15, 0.2) is 36.4 Å². The molecule has 1 aliphatic rings. The minimum atomic E-state index is -1.27. The van der Waals surface area contributed by atoms with E-state index in [1.807, 2.05) is 13.8 Å². The van der Waals surface area contributed by atoms with Crippen LogP contribution in [0, 0.1) is 5.95 Å². The zero-order chi connectivity index (χ0) is 22.7. The number of amides is 2. The minimum absolute atomic E-state index is 0.0458. The summed E-state index contributed by atoms with van der Waals surface area (Å²) in [6, 6.07) is 8.57. The maximum Gasteiger partial charge on any atom is 0.243 e. The summed E-state index contributed by atoms with van der Waals surface area (Å²) in [5, 5.41) is 2.84. The quantitative estimate of drug-likeness (QED) is 0.711.